The summed E-state index contributed by atoms with van der Waals surface area (Å²) in [5, 5.41) is 4.15. The summed E-state index contributed by atoms with van der Waals surface area (Å²) in [6, 6.07) is 14.2. The summed E-state index contributed by atoms with van der Waals surface area (Å²) in [5.41, 5.74) is 1.23. The Morgan fingerprint density at radius 1 is 1.16 bits per heavy atom. The number of rotatable bonds is 5. The monoisotopic (exact) mass is 355 g/mol. The second kappa shape index (κ2) is 7.34. The van der Waals surface area contributed by atoms with E-state index in [0.717, 1.165) is 27.5 Å². The first kappa shape index (κ1) is 14.9. The van der Waals surface area contributed by atoms with Gasteiger partial charge in [-0.15, -0.1) is 0 Å². The highest BCUT2D eigenvalue weighted by molar-refractivity contribution is 9.10. The molecule has 0 heterocycles. The zero-order valence-electron chi connectivity index (χ0n) is 10.6. The number of hydrogen-bond acceptors (Lipinski definition) is 2. The van der Waals surface area contributed by atoms with Gasteiger partial charge in [0.25, 0.3) is 0 Å². The maximum Gasteiger partial charge on any atom is 0.0548 e. The predicted octanol–water partition coefficient (Wildman–Crippen LogP) is 5.36. The predicted molar refractivity (Wildman–Crippen MR) is 87.1 cm³/mol. The van der Waals surface area contributed by atoms with Gasteiger partial charge in [0, 0.05) is 20.8 Å². The van der Waals surface area contributed by atoms with E-state index in [9.17, 15) is 0 Å². The lowest BCUT2D eigenvalue weighted by atomic mass is 10.2. The smallest absolute Gasteiger partial charge is 0.0548 e. The Hall–Kier alpha value is -0.480. The lowest BCUT2D eigenvalue weighted by Crippen LogP contribution is -2.12. The van der Waals surface area contributed by atoms with Crippen LogP contribution in [0.15, 0.2) is 56.7 Å². The Morgan fingerprint density at radius 2 is 1.95 bits per heavy atom. The number of nitrogens with one attached hydrogen (secondary N) is 1. The van der Waals surface area contributed by atoms with Crippen molar-refractivity contribution in [2.45, 2.75) is 23.3 Å². The molecule has 0 saturated carbocycles. The van der Waals surface area contributed by atoms with Crippen LogP contribution in [0, 0.1) is 0 Å². The van der Waals surface area contributed by atoms with Gasteiger partial charge >= 0.3 is 0 Å². The summed E-state index contributed by atoms with van der Waals surface area (Å²) in [7, 11) is 0. The molecule has 1 nitrogen and oxygen atoms in total. The van der Waals surface area contributed by atoms with Crippen molar-refractivity contribution >= 4 is 39.3 Å². The van der Waals surface area contributed by atoms with E-state index in [1.807, 2.05) is 30.3 Å². The molecule has 0 aliphatic heterocycles. The molecule has 0 atom stereocenters. The van der Waals surface area contributed by atoms with Crippen LogP contribution in [0.1, 0.15) is 12.5 Å². The molecule has 0 radical (unpaired) electrons. The molecule has 0 bridgehead atoms. The highest BCUT2D eigenvalue weighted by Crippen LogP contribution is 2.39. The third-order valence-electron chi connectivity index (χ3n) is 2.66. The fourth-order valence-electron chi connectivity index (χ4n) is 1.70. The molecule has 2 aromatic carbocycles. The van der Waals surface area contributed by atoms with Crippen LogP contribution in [0.4, 0.5) is 0 Å². The summed E-state index contributed by atoms with van der Waals surface area (Å²) in [4.78, 5) is 2.30. The molecular formula is C15H15BrClNS. The van der Waals surface area contributed by atoms with E-state index in [-0.39, 0.29) is 0 Å². The number of hydrogen-bond donors (Lipinski definition) is 1. The molecule has 2 aromatic rings. The molecule has 0 aromatic heterocycles. The Morgan fingerprint density at radius 3 is 2.68 bits per heavy atom. The first-order valence-electron chi connectivity index (χ1n) is 6.13. The zero-order chi connectivity index (χ0) is 13.7. The van der Waals surface area contributed by atoms with Gasteiger partial charge in [-0.05, 0) is 46.2 Å². The topological polar surface area (TPSA) is 12.0 Å². The highest BCUT2D eigenvalue weighted by Gasteiger charge is 2.10. The Balaban J connectivity index is 2.31. The van der Waals surface area contributed by atoms with Gasteiger partial charge in [-0.2, -0.15) is 0 Å². The third-order valence-corrected chi connectivity index (χ3v) is 5.31. The van der Waals surface area contributed by atoms with E-state index in [1.54, 1.807) is 11.8 Å². The van der Waals surface area contributed by atoms with Gasteiger partial charge in [0.05, 0.1) is 5.02 Å². The first-order chi connectivity index (χ1) is 9.22. The van der Waals surface area contributed by atoms with Crippen LogP contribution >= 0.6 is 39.3 Å². The quantitative estimate of drug-likeness (QED) is 0.773. The van der Waals surface area contributed by atoms with Crippen molar-refractivity contribution in [3.8, 4) is 0 Å². The van der Waals surface area contributed by atoms with E-state index < -0.39 is 0 Å². The summed E-state index contributed by atoms with van der Waals surface area (Å²) >= 11 is 11.6. The molecule has 0 spiro atoms. The van der Waals surface area contributed by atoms with Crippen LogP contribution in [-0.2, 0) is 6.54 Å². The molecule has 0 unspecified atom stereocenters. The lowest BCUT2D eigenvalue weighted by molar-refractivity contribution is 0.718. The minimum absolute atomic E-state index is 0.802. The number of halogens is 2. The van der Waals surface area contributed by atoms with Gasteiger partial charge in [0.2, 0.25) is 0 Å². The van der Waals surface area contributed by atoms with Gasteiger partial charge < -0.3 is 5.32 Å². The van der Waals surface area contributed by atoms with E-state index in [0.29, 0.717) is 0 Å². The molecule has 1 N–H and O–H groups in total. The van der Waals surface area contributed by atoms with Gasteiger partial charge in [0.15, 0.2) is 0 Å². The van der Waals surface area contributed by atoms with Crippen molar-refractivity contribution < 1.29 is 0 Å². The maximum absolute atomic E-state index is 6.35. The summed E-state index contributed by atoms with van der Waals surface area (Å²) < 4.78 is 1.09. The second-order valence-electron chi connectivity index (χ2n) is 4.04. The first-order valence-corrected chi connectivity index (χ1v) is 8.11. The minimum Gasteiger partial charge on any atom is -0.313 e. The van der Waals surface area contributed by atoms with Crippen molar-refractivity contribution in [1.82, 2.24) is 5.32 Å². The maximum atomic E-state index is 6.35. The van der Waals surface area contributed by atoms with Crippen molar-refractivity contribution in [2.75, 3.05) is 6.54 Å². The largest absolute Gasteiger partial charge is 0.313 e. The Bertz CT molecular complexity index is 560. The Kier molecular flexibility index (Phi) is 5.76. The average Bonchev–Trinajstić information content (AvgIpc) is 2.41. The highest BCUT2D eigenvalue weighted by atomic mass is 79.9. The van der Waals surface area contributed by atoms with Crippen LogP contribution in [0.25, 0.3) is 0 Å². The minimum atomic E-state index is 0.802. The van der Waals surface area contributed by atoms with Crippen LogP contribution in [0.3, 0.4) is 0 Å². The molecule has 100 valence electrons. The molecule has 0 amide bonds. The van der Waals surface area contributed by atoms with Gasteiger partial charge in [-0.1, -0.05) is 54.6 Å². The van der Waals surface area contributed by atoms with E-state index in [4.69, 9.17) is 11.6 Å². The van der Waals surface area contributed by atoms with Gasteiger partial charge in [0.1, 0.15) is 0 Å². The van der Waals surface area contributed by atoms with Gasteiger partial charge in [-0.3, -0.25) is 0 Å². The van der Waals surface area contributed by atoms with E-state index in [2.05, 4.69) is 40.3 Å². The average molecular weight is 357 g/mol. The third kappa shape index (κ3) is 3.99. The zero-order valence-corrected chi connectivity index (χ0v) is 13.8. The Labute approximate surface area is 131 Å². The summed E-state index contributed by atoms with van der Waals surface area (Å²) in [5.74, 6) is 0. The number of benzene rings is 2. The van der Waals surface area contributed by atoms with Crippen LogP contribution < -0.4 is 5.32 Å². The molecule has 19 heavy (non-hydrogen) atoms. The van der Waals surface area contributed by atoms with E-state index in [1.165, 1.54) is 10.5 Å². The summed E-state index contributed by atoms with van der Waals surface area (Å²) in [6.07, 6.45) is 0. The van der Waals surface area contributed by atoms with Crippen molar-refractivity contribution in [3.05, 3.63) is 57.5 Å². The molecule has 4 heteroatoms. The molecule has 0 fully saturated rings. The molecule has 0 saturated heterocycles. The van der Waals surface area contributed by atoms with Crippen LogP contribution in [-0.4, -0.2) is 6.54 Å². The van der Waals surface area contributed by atoms with E-state index >= 15 is 0 Å². The standard InChI is InChI=1S/C15H15BrClNS/c1-2-18-10-11-6-5-8-13(17)15(11)19-14-9-4-3-7-12(14)16/h3-9,18H,2,10H2,1H3. The van der Waals surface area contributed by atoms with Crippen molar-refractivity contribution in [3.63, 3.8) is 0 Å². The lowest BCUT2D eigenvalue weighted by Gasteiger charge is -2.12. The molecular weight excluding hydrogens is 342 g/mol. The van der Waals surface area contributed by atoms with Crippen molar-refractivity contribution in [1.29, 1.82) is 0 Å². The second-order valence-corrected chi connectivity index (χ2v) is 6.35. The molecule has 0 aliphatic rings. The van der Waals surface area contributed by atoms with Crippen LogP contribution in [0.5, 0.6) is 0 Å². The normalized spacial score (nSPS) is 10.7. The van der Waals surface area contributed by atoms with Crippen molar-refractivity contribution in [2.24, 2.45) is 0 Å². The molecule has 0 aliphatic carbocycles. The SMILES string of the molecule is CCNCc1cccc(Cl)c1Sc1ccccc1Br. The fourth-order valence-corrected chi connectivity index (χ4v) is 3.51. The fraction of sp³-hybridized carbons (Fsp3) is 0.200. The summed E-state index contributed by atoms with van der Waals surface area (Å²) in [6.45, 7) is 3.89. The van der Waals surface area contributed by atoms with Gasteiger partial charge in [-0.25, -0.2) is 0 Å². The van der Waals surface area contributed by atoms with Crippen LogP contribution in [0.2, 0.25) is 5.02 Å². The molecule has 2 rings (SSSR count).